The van der Waals surface area contributed by atoms with Gasteiger partial charge in [-0.1, -0.05) is 12.1 Å². The molecule has 0 aliphatic rings. The largest absolute Gasteiger partial charge is 0.436 e. The number of nitrogens with zero attached hydrogens (tertiary/aromatic N) is 2. The Bertz CT molecular complexity index is 922. The molecule has 96 valence electrons. The highest BCUT2D eigenvalue weighted by atomic mass is 16.3. The molecule has 4 nitrogen and oxygen atoms in total. The lowest BCUT2D eigenvalue weighted by molar-refractivity contribution is 0.621. The molecule has 0 amide bonds. The molecule has 0 radical (unpaired) electrons. The first-order chi connectivity index (χ1) is 9.81. The lowest BCUT2D eigenvalue weighted by atomic mass is 10.1. The summed E-state index contributed by atoms with van der Waals surface area (Å²) < 4.78 is 5.82. The van der Waals surface area contributed by atoms with Crippen LogP contribution in [-0.4, -0.2) is 9.97 Å². The first kappa shape index (κ1) is 11.0. The van der Waals surface area contributed by atoms with Gasteiger partial charge in [0.1, 0.15) is 5.52 Å². The van der Waals surface area contributed by atoms with Gasteiger partial charge in [0.05, 0.1) is 5.52 Å². The molecule has 0 aliphatic carbocycles. The van der Waals surface area contributed by atoms with Gasteiger partial charge >= 0.3 is 0 Å². The van der Waals surface area contributed by atoms with Crippen LogP contribution in [0.2, 0.25) is 0 Å². The van der Waals surface area contributed by atoms with Crippen molar-refractivity contribution < 1.29 is 4.42 Å². The lowest BCUT2D eigenvalue weighted by Gasteiger charge is -2.01. The summed E-state index contributed by atoms with van der Waals surface area (Å²) in [6, 6.07) is 15.3. The van der Waals surface area contributed by atoms with Crippen LogP contribution in [-0.2, 0) is 0 Å². The molecule has 20 heavy (non-hydrogen) atoms. The standard InChI is InChI=1S/C16H11N3O/c17-10-6-7-14-15(9-10)20-16(19-14)12-3-1-5-13-11(12)4-2-8-18-13/h1-9H,17H2. The number of rotatable bonds is 1. The maximum Gasteiger partial charge on any atom is 0.227 e. The van der Waals surface area contributed by atoms with Gasteiger partial charge in [0.15, 0.2) is 5.58 Å². The third-order valence-electron chi connectivity index (χ3n) is 3.29. The van der Waals surface area contributed by atoms with E-state index in [0.29, 0.717) is 17.2 Å². The van der Waals surface area contributed by atoms with E-state index in [2.05, 4.69) is 9.97 Å². The van der Waals surface area contributed by atoms with Crippen molar-refractivity contribution in [2.75, 3.05) is 5.73 Å². The quantitative estimate of drug-likeness (QED) is 0.531. The third kappa shape index (κ3) is 1.62. The van der Waals surface area contributed by atoms with E-state index in [1.165, 1.54) is 0 Å². The van der Waals surface area contributed by atoms with Gasteiger partial charge in [-0.2, -0.15) is 0 Å². The Morgan fingerprint density at radius 3 is 2.85 bits per heavy atom. The van der Waals surface area contributed by atoms with Gasteiger partial charge in [-0.3, -0.25) is 4.98 Å². The SMILES string of the molecule is Nc1ccc2nc(-c3cccc4ncccc34)oc2c1. The monoisotopic (exact) mass is 261 g/mol. The van der Waals surface area contributed by atoms with Crippen LogP contribution < -0.4 is 5.73 Å². The number of hydrogen-bond acceptors (Lipinski definition) is 4. The summed E-state index contributed by atoms with van der Waals surface area (Å²) in [6.45, 7) is 0. The number of anilines is 1. The van der Waals surface area contributed by atoms with E-state index in [1.54, 1.807) is 12.3 Å². The van der Waals surface area contributed by atoms with Crippen LogP contribution in [0.15, 0.2) is 59.1 Å². The normalized spacial score (nSPS) is 11.2. The van der Waals surface area contributed by atoms with Crippen LogP contribution in [0.4, 0.5) is 5.69 Å². The number of benzene rings is 2. The topological polar surface area (TPSA) is 64.9 Å². The summed E-state index contributed by atoms with van der Waals surface area (Å²) in [5.74, 6) is 0.587. The Morgan fingerprint density at radius 1 is 0.950 bits per heavy atom. The molecule has 4 rings (SSSR count). The second kappa shape index (κ2) is 4.06. The van der Waals surface area contributed by atoms with Gasteiger partial charge in [0, 0.05) is 28.9 Å². The molecule has 0 fully saturated rings. The van der Waals surface area contributed by atoms with Crippen LogP contribution in [0.1, 0.15) is 0 Å². The molecule has 4 aromatic rings. The fraction of sp³-hybridized carbons (Fsp3) is 0. The van der Waals surface area contributed by atoms with E-state index >= 15 is 0 Å². The highest BCUT2D eigenvalue weighted by Crippen LogP contribution is 2.30. The molecular weight excluding hydrogens is 250 g/mol. The molecule has 2 heterocycles. The second-order valence-electron chi connectivity index (χ2n) is 4.62. The van der Waals surface area contributed by atoms with Crippen LogP contribution in [0, 0.1) is 0 Å². The Morgan fingerprint density at radius 2 is 1.90 bits per heavy atom. The zero-order valence-electron chi connectivity index (χ0n) is 10.6. The van der Waals surface area contributed by atoms with Gasteiger partial charge in [-0.05, 0) is 30.3 Å². The van der Waals surface area contributed by atoms with Crippen molar-refractivity contribution in [1.29, 1.82) is 0 Å². The Balaban J connectivity index is 2.01. The lowest BCUT2D eigenvalue weighted by Crippen LogP contribution is -1.83. The number of fused-ring (bicyclic) bond motifs is 2. The summed E-state index contributed by atoms with van der Waals surface area (Å²) in [4.78, 5) is 8.87. The molecule has 4 heteroatoms. The fourth-order valence-electron chi connectivity index (χ4n) is 2.35. The predicted molar refractivity (Wildman–Crippen MR) is 79.2 cm³/mol. The molecule has 0 unspecified atom stereocenters. The molecule has 0 spiro atoms. The smallest absolute Gasteiger partial charge is 0.227 e. The van der Waals surface area contributed by atoms with Crippen molar-refractivity contribution in [3.8, 4) is 11.5 Å². The van der Waals surface area contributed by atoms with Gasteiger partial charge in [0.2, 0.25) is 5.89 Å². The van der Waals surface area contributed by atoms with Crippen molar-refractivity contribution in [2.45, 2.75) is 0 Å². The highest BCUT2D eigenvalue weighted by molar-refractivity contribution is 5.93. The maximum absolute atomic E-state index is 5.82. The number of hydrogen-bond donors (Lipinski definition) is 1. The van der Waals surface area contributed by atoms with E-state index in [-0.39, 0.29) is 0 Å². The van der Waals surface area contributed by atoms with Gasteiger partial charge in [-0.15, -0.1) is 0 Å². The second-order valence-corrected chi connectivity index (χ2v) is 4.62. The zero-order valence-corrected chi connectivity index (χ0v) is 10.6. The molecule has 2 aromatic carbocycles. The molecule has 0 bridgehead atoms. The Kier molecular flexibility index (Phi) is 2.23. The first-order valence-corrected chi connectivity index (χ1v) is 6.31. The summed E-state index contributed by atoms with van der Waals surface area (Å²) in [6.07, 6.45) is 1.78. The Labute approximate surface area is 114 Å². The molecule has 0 aliphatic heterocycles. The highest BCUT2D eigenvalue weighted by Gasteiger charge is 2.11. The van der Waals surface area contributed by atoms with E-state index < -0.39 is 0 Å². The number of oxazole rings is 1. The van der Waals surface area contributed by atoms with E-state index in [0.717, 1.165) is 22.0 Å². The van der Waals surface area contributed by atoms with Crippen molar-refractivity contribution >= 4 is 27.7 Å². The molecule has 0 saturated heterocycles. The van der Waals surface area contributed by atoms with Crippen LogP contribution >= 0.6 is 0 Å². The minimum atomic E-state index is 0.587. The molecular formula is C16H11N3O. The number of pyridine rings is 1. The van der Waals surface area contributed by atoms with Crippen molar-refractivity contribution in [2.24, 2.45) is 0 Å². The van der Waals surface area contributed by atoms with Gasteiger partial charge in [-0.25, -0.2) is 4.98 Å². The van der Waals surface area contributed by atoms with Crippen LogP contribution in [0.3, 0.4) is 0 Å². The summed E-state index contributed by atoms with van der Waals surface area (Å²) >= 11 is 0. The van der Waals surface area contributed by atoms with E-state index in [4.69, 9.17) is 10.2 Å². The van der Waals surface area contributed by atoms with Gasteiger partial charge < -0.3 is 10.2 Å². The average Bonchev–Trinajstić information content (AvgIpc) is 2.89. The zero-order chi connectivity index (χ0) is 13.5. The predicted octanol–water partition coefficient (Wildman–Crippen LogP) is 3.63. The van der Waals surface area contributed by atoms with Crippen molar-refractivity contribution in [3.05, 3.63) is 54.7 Å². The Hall–Kier alpha value is -2.88. The number of nitrogens with two attached hydrogens (primary N) is 1. The van der Waals surface area contributed by atoms with E-state index in [9.17, 15) is 0 Å². The van der Waals surface area contributed by atoms with E-state index in [1.807, 2.05) is 42.5 Å². The molecule has 2 N–H and O–H groups in total. The summed E-state index contributed by atoms with van der Waals surface area (Å²) in [5, 5.41) is 1.02. The summed E-state index contributed by atoms with van der Waals surface area (Å²) in [5.41, 5.74) is 9.79. The summed E-state index contributed by atoms with van der Waals surface area (Å²) in [7, 11) is 0. The molecule has 2 aromatic heterocycles. The fourth-order valence-corrected chi connectivity index (χ4v) is 2.35. The molecule has 0 saturated carbocycles. The minimum Gasteiger partial charge on any atom is -0.436 e. The number of nitrogen functional groups attached to an aromatic ring is 1. The average molecular weight is 261 g/mol. The maximum atomic E-state index is 5.82. The minimum absolute atomic E-state index is 0.587. The first-order valence-electron chi connectivity index (χ1n) is 6.31. The number of aromatic nitrogens is 2. The third-order valence-corrected chi connectivity index (χ3v) is 3.29. The van der Waals surface area contributed by atoms with Crippen molar-refractivity contribution in [1.82, 2.24) is 9.97 Å². The van der Waals surface area contributed by atoms with Gasteiger partial charge in [0.25, 0.3) is 0 Å². The van der Waals surface area contributed by atoms with Crippen molar-refractivity contribution in [3.63, 3.8) is 0 Å². The van der Waals surface area contributed by atoms with Crippen LogP contribution in [0.25, 0.3) is 33.5 Å². The molecule has 0 atom stereocenters. The van der Waals surface area contributed by atoms with Crippen LogP contribution in [0.5, 0.6) is 0 Å².